The number of carbonyl (C=O) groups is 1. The summed E-state index contributed by atoms with van der Waals surface area (Å²) in [6.07, 6.45) is 35.6. The molecule has 9 heteroatoms. The Hall–Kier alpha value is -1.54. The van der Waals surface area contributed by atoms with Crippen molar-refractivity contribution in [1.29, 1.82) is 0 Å². The summed E-state index contributed by atoms with van der Waals surface area (Å²) >= 11 is 0. The molecule has 0 fully saturated rings. The van der Waals surface area contributed by atoms with Crippen molar-refractivity contribution in [3.63, 3.8) is 0 Å². The van der Waals surface area contributed by atoms with Crippen molar-refractivity contribution in [2.75, 3.05) is 54.1 Å². The molecule has 0 aliphatic carbocycles. The molecule has 0 aromatic rings. The molecule has 274 valence electrons. The number of hydrogen-bond acceptors (Lipinski definition) is 7. The third kappa shape index (κ3) is 35.6. The zero-order valence-electron chi connectivity index (χ0n) is 30.7. The Morgan fingerprint density at radius 2 is 1.19 bits per heavy atom. The van der Waals surface area contributed by atoms with Crippen LogP contribution in [-0.4, -0.2) is 70.7 Å². The van der Waals surface area contributed by atoms with Gasteiger partial charge in [-0.15, -0.1) is 0 Å². The quantitative estimate of drug-likeness (QED) is 0.0224. The first kappa shape index (κ1) is 45.5. The Bertz CT molecular complexity index is 895. The topological polar surface area (TPSA) is 94.1 Å². The summed E-state index contributed by atoms with van der Waals surface area (Å²) in [6, 6.07) is 0. The second kappa shape index (κ2) is 31.7. The van der Waals surface area contributed by atoms with Crippen molar-refractivity contribution in [3.05, 3.63) is 48.6 Å². The van der Waals surface area contributed by atoms with Gasteiger partial charge in [-0.1, -0.05) is 133 Å². The lowest BCUT2D eigenvalue weighted by Gasteiger charge is -2.28. The van der Waals surface area contributed by atoms with Crippen molar-refractivity contribution in [2.24, 2.45) is 0 Å². The molecule has 0 bridgehead atoms. The first-order chi connectivity index (χ1) is 22.6. The molecule has 2 atom stereocenters. The van der Waals surface area contributed by atoms with Gasteiger partial charge in [-0.2, -0.15) is 0 Å². The molecule has 0 aromatic carbocycles. The van der Waals surface area contributed by atoms with Crippen LogP contribution in [0.3, 0.4) is 0 Å². The second-order valence-corrected chi connectivity index (χ2v) is 14.6. The molecule has 0 N–H and O–H groups in total. The van der Waals surface area contributed by atoms with E-state index in [4.69, 9.17) is 18.5 Å². The van der Waals surface area contributed by atoms with E-state index in [1.165, 1.54) is 64.2 Å². The standard InChI is InChI=1S/C38H70NO7P/c1-6-8-10-12-14-16-18-20-21-23-25-27-29-31-38(40)46-37(36-45-47(41,42)44-34-32-39(3,4)5)35-43-33-30-28-26-24-22-19-17-15-13-11-9-7-2/h8,10,14,16,20-21,25,27,37H,6-7,9,11-13,15,17-19,22-24,26,28-36H2,1-5H3/b10-8-,16-14-,21-20-,27-25-. The maximum atomic E-state index is 12.5. The number of quaternary nitrogens is 1. The number of phosphoric acid groups is 1. The molecule has 0 saturated carbocycles. The number of phosphoric ester groups is 1. The Kier molecular flexibility index (Phi) is 30.7. The molecule has 0 amide bonds. The summed E-state index contributed by atoms with van der Waals surface area (Å²) in [6.45, 7) is 5.17. The van der Waals surface area contributed by atoms with E-state index in [1.807, 2.05) is 33.3 Å². The van der Waals surface area contributed by atoms with E-state index < -0.39 is 19.9 Å². The molecule has 0 spiro atoms. The fraction of sp³-hybridized carbons (Fsp3) is 0.763. The highest BCUT2D eigenvalue weighted by Crippen LogP contribution is 2.38. The number of ether oxygens (including phenoxy) is 2. The maximum absolute atomic E-state index is 12.5. The van der Waals surface area contributed by atoms with E-state index in [2.05, 4.69) is 50.3 Å². The van der Waals surface area contributed by atoms with Crippen LogP contribution in [0.5, 0.6) is 0 Å². The van der Waals surface area contributed by atoms with Crippen LogP contribution in [0.25, 0.3) is 0 Å². The van der Waals surface area contributed by atoms with Crippen LogP contribution < -0.4 is 4.89 Å². The van der Waals surface area contributed by atoms with Gasteiger partial charge in [0.1, 0.15) is 19.3 Å². The smallest absolute Gasteiger partial charge is 0.306 e. The Morgan fingerprint density at radius 1 is 0.681 bits per heavy atom. The van der Waals surface area contributed by atoms with Gasteiger partial charge in [0.15, 0.2) is 0 Å². The average molecular weight is 684 g/mol. The molecular weight excluding hydrogens is 613 g/mol. The average Bonchev–Trinajstić information content (AvgIpc) is 3.01. The molecule has 0 aromatic heterocycles. The van der Waals surface area contributed by atoms with Crippen LogP contribution in [0.15, 0.2) is 48.6 Å². The van der Waals surface area contributed by atoms with Crippen molar-refractivity contribution >= 4 is 13.8 Å². The molecule has 0 heterocycles. The highest BCUT2D eigenvalue weighted by atomic mass is 31.2. The minimum atomic E-state index is -4.53. The first-order valence-corrected chi connectivity index (χ1v) is 19.8. The van der Waals surface area contributed by atoms with Gasteiger partial charge in [0.25, 0.3) is 7.82 Å². The zero-order chi connectivity index (χ0) is 34.9. The van der Waals surface area contributed by atoms with Crippen molar-refractivity contribution in [3.8, 4) is 0 Å². The number of carbonyl (C=O) groups excluding carboxylic acids is 1. The van der Waals surface area contributed by atoms with Crippen LogP contribution in [0.4, 0.5) is 0 Å². The number of allylic oxidation sites excluding steroid dienone is 8. The summed E-state index contributed by atoms with van der Waals surface area (Å²) in [5.74, 6) is -0.415. The van der Waals surface area contributed by atoms with E-state index in [1.54, 1.807) is 0 Å². The molecular formula is C38H70NO7P. The lowest BCUT2D eigenvalue weighted by molar-refractivity contribution is -0.870. The predicted molar refractivity (Wildman–Crippen MR) is 194 cm³/mol. The molecule has 0 radical (unpaired) electrons. The fourth-order valence-electron chi connectivity index (χ4n) is 4.56. The fourth-order valence-corrected chi connectivity index (χ4v) is 5.29. The van der Waals surface area contributed by atoms with E-state index >= 15 is 0 Å². The molecule has 2 unspecified atom stereocenters. The van der Waals surface area contributed by atoms with E-state index in [-0.39, 0.29) is 26.2 Å². The van der Waals surface area contributed by atoms with Crippen LogP contribution in [-0.2, 0) is 27.9 Å². The Morgan fingerprint density at radius 3 is 1.72 bits per heavy atom. The Labute approximate surface area is 288 Å². The van der Waals surface area contributed by atoms with Crippen LogP contribution in [0.1, 0.15) is 129 Å². The SMILES string of the molecule is CC/C=C\C/C=C\C/C=C\C/C=C\CCC(=O)OC(COCCCCCCCCCCCCCC)COP(=O)([O-])OCC[N+](C)(C)C. The minimum Gasteiger partial charge on any atom is -0.756 e. The van der Waals surface area contributed by atoms with Crippen molar-refractivity contribution < 1.29 is 37.3 Å². The molecule has 8 nitrogen and oxygen atoms in total. The lowest BCUT2D eigenvalue weighted by atomic mass is 10.1. The van der Waals surface area contributed by atoms with E-state index in [0.717, 1.165) is 38.5 Å². The molecule has 0 aliphatic rings. The third-order valence-corrected chi connectivity index (χ3v) is 8.37. The van der Waals surface area contributed by atoms with E-state index in [9.17, 15) is 14.3 Å². The predicted octanol–water partition coefficient (Wildman–Crippen LogP) is 9.41. The number of unbranched alkanes of at least 4 members (excludes halogenated alkanes) is 11. The highest BCUT2D eigenvalue weighted by Gasteiger charge is 2.20. The first-order valence-electron chi connectivity index (χ1n) is 18.4. The Balaban J connectivity index is 4.45. The number of rotatable bonds is 33. The zero-order valence-corrected chi connectivity index (χ0v) is 31.6. The van der Waals surface area contributed by atoms with Gasteiger partial charge >= 0.3 is 5.97 Å². The van der Waals surface area contributed by atoms with Gasteiger partial charge in [-0.25, -0.2) is 0 Å². The summed E-state index contributed by atoms with van der Waals surface area (Å²) in [5, 5.41) is 0. The van der Waals surface area contributed by atoms with Gasteiger partial charge in [-0.3, -0.25) is 9.36 Å². The second-order valence-electron chi connectivity index (χ2n) is 13.2. The normalized spacial score (nSPS) is 14.6. The van der Waals surface area contributed by atoms with Crippen LogP contribution in [0, 0.1) is 0 Å². The third-order valence-electron chi connectivity index (χ3n) is 7.41. The van der Waals surface area contributed by atoms with Gasteiger partial charge in [0.05, 0.1) is 34.4 Å². The molecule has 0 saturated heterocycles. The van der Waals surface area contributed by atoms with E-state index in [0.29, 0.717) is 24.1 Å². The van der Waals surface area contributed by atoms with Crippen molar-refractivity contribution in [1.82, 2.24) is 0 Å². The molecule has 0 rings (SSSR count). The summed E-state index contributed by atoms with van der Waals surface area (Å²) in [5.41, 5.74) is 0. The minimum absolute atomic E-state index is 0.0130. The molecule has 0 aliphatic heterocycles. The van der Waals surface area contributed by atoms with Gasteiger partial charge in [-0.05, 0) is 38.5 Å². The van der Waals surface area contributed by atoms with Gasteiger partial charge in [0.2, 0.25) is 0 Å². The van der Waals surface area contributed by atoms with Crippen LogP contribution >= 0.6 is 7.82 Å². The summed E-state index contributed by atoms with van der Waals surface area (Å²) in [4.78, 5) is 24.8. The van der Waals surface area contributed by atoms with Crippen LogP contribution in [0.2, 0.25) is 0 Å². The number of esters is 1. The highest BCUT2D eigenvalue weighted by molar-refractivity contribution is 7.45. The summed E-state index contributed by atoms with van der Waals surface area (Å²) in [7, 11) is 1.31. The maximum Gasteiger partial charge on any atom is 0.306 e. The van der Waals surface area contributed by atoms with Crippen molar-refractivity contribution in [2.45, 2.75) is 136 Å². The monoisotopic (exact) mass is 683 g/mol. The summed E-state index contributed by atoms with van der Waals surface area (Å²) < 4.78 is 34.3. The molecule has 47 heavy (non-hydrogen) atoms. The lowest BCUT2D eigenvalue weighted by Crippen LogP contribution is -2.37. The number of hydrogen-bond donors (Lipinski definition) is 0. The van der Waals surface area contributed by atoms with Gasteiger partial charge < -0.3 is 27.9 Å². The number of nitrogens with zero attached hydrogens (tertiary/aromatic N) is 1. The van der Waals surface area contributed by atoms with Gasteiger partial charge in [0, 0.05) is 13.0 Å². The number of likely N-dealkylation sites (N-methyl/N-ethyl adjacent to an activating group) is 1. The largest absolute Gasteiger partial charge is 0.756 e.